The Morgan fingerprint density at radius 3 is 2.42 bits per heavy atom. The quantitative estimate of drug-likeness (QED) is 0.842. The van der Waals surface area contributed by atoms with Crippen molar-refractivity contribution in [2.24, 2.45) is 0 Å². The number of hydrogen-bond donors (Lipinski definition) is 1. The van der Waals surface area contributed by atoms with Gasteiger partial charge in [0.05, 0.1) is 18.4 Å². The summed E-state index contributed by atoms with van der Waals surface area (Å²) in [6.07, 6.45) is -0.625. The van der Waals surface area contributed by atoms with Crippen LogP contribution in [0, 0.1) is 0 Å². The number of rotatable bonds is 2. The van der Waals surface area contributed by atoms with E-state index in [9.17, 15) is 9.59 Å². The molecule has 1 rings (SSSR count). The molecule has 0 bridgehead atoms. The molecule has 0 saturated carbocycles. The molecule has 0 fully saturated rings. The Morgan fingerprint density at radius 2 is 1.89 bits per heavy atom. The lowest BCUT2D eigenvalue weighted by atomic mass is 10.2. The normalized spacial score (nSPS) is 10.8. The number of methoxy groups -OCH3 is 1. The van der Waals surface area contributed by atoms with Crippen molar-refractivity contribution in [3.05, 3.63) is 28.2 Å². The van der Waals surface area contributed by atoms with Gasteiger partial charge in [0.2, 0.25) is 0 Å². The van der Waals surface area contributed by atoms with Crippen molar-refractivity contribution in [1.82, 2.24) is 0 Å². The molecule has 5 nitrogen and oxygen atoms in total. The predicted molar refractivity (Wildman–Crippen MR) is 75.3 cm³/mol. The van der Waals surface area contributed by atoms with Crippen LogP contribution in [0.4, 0.5) is 10.5 Å². The molecule has 0 aliphatic rings. The molecule has 0 aromatic heterocycles. The van der Waals surface area contributed by atoms with Gasteiger partial charge in [-0.15, -0.1) is 0 Å². The van der Waals surface area contributed by atoms with Crippen molar-refractivity contribution in [3.63, 3.8) is 0 Å². The minimum absolute atomic E-state index is 0.253. The minimum Gasteiger partial charge on any atom is -0.465 e. The first-order valence-corrected chi connectivity index (χ1v) is 6.40. The number of hydrogen-bond acceptors (Lipinski definition) is 4. The Hall–Kier alpha value is -1.56. The lowest BCUT2D eigenvalue weighted by Crippen LogP contribution is -2.27. The molecule has 0 unspecified atom stereocenters. The fourth-order valence-electron chi connectivity index (χ4n) is 1.32. The van der Waals surface area contributed by atoms with Gasteiger partial charge in [-0.3, -0.25) is 5.32 Å². The van der Waals surface area contributed by atoms with Gasteiger partial charge in [-0.25, -0.2) is 9.59 Å². The zero-order chi connectivity index (χ0) is 14.6. The first-order chi connectivity index (χ1) is 8.73. The average Bonchev–Trinajstić information content (AvgIpc) is 2.28. The average molecular weight is 330 g/mol. The van der Waals surface area contributed by atoms with Gasteiger partial charge in [0, 0.05) is 4.47 Å². The minimum atomic E-state index is -0.625. The van der Waals surface area contributed by atoms with Gasteiger partial charge >= 0.3 is 12.1 Å². The van der Waals surface area contributed by atoms with Crippen molar-refractivity contribution < 1.29 is 19.1 Å². The summed E-state index contributed by atoms with van der Waals surface area (Å²) in [5.41, 5.74) is -0.0164. The van der Waals surface area contributed by atoms with Crippen LogP contribution in [-0.2, 0) is 9.47 Å². The zero-order valence-electron chi connectivity index (χ0n) is 11.2. The second-order valence-corrected chi connectivity index (χ2v) is 5.72. The molecule has 104 valence electrons. The Bertz CT molecular complexity index is 494. The van der Waals surface area contributed by atoms with E-state index < -0.39 is 17.7 Å². The third-order valence-electron chi connectivity index (χ3n) is 2.02. The SMILES string of the molecule is COC(=O)c1cc(Br)ccc1NC(=O)OC(C)(C)C. The number of anilines is 1. The summed E-state index contributed by atoms with van der Waals surface area (Å²) in [5, 5.41) is 2.53. The van der Waals surface area contributed by atoms with E-state index in [0.29, 0.717) is 10.2 Å². The summed E-state index contributed by atoms with van der Waals surface area (Å²) in [5.74, 6) is -0.535. The Balaban J connectivity index is 2.95. The van der Waals surface area contributed by atoms with E-state index in [2.05, 4.69) is 26.0 Å². The van der Waals surface area contributed by atoms with Crippen molar-refractivity contribution in [2.45, 2.75) is 26.4 Å². The maximum absolute atomic E-state index is 11.7. The van der Waals surface area contributed by atoms with E-state index in [-0.39, 0.29) is 5.56 Å². The summed E-state index contributed by atoms with van der Waals surface area (Å²) >= 11 is 3.26. The van der Waals surface area contributed by atoms with Crippen molar-refractivity contribution >= 4 is 33.7 Å². The summed E-state index contributed by atoms with van der Waals surface area (Å²) < 4.78 is 10.5. The highest BCUT2D eigenvalue weighted by molar-refractivity contribution is 9.10. The van der Waals surface area contributed by atoms with E-state index in [1.165, 1.54) is 7.11 Å². The smallest absolute Gasteiger partial charge is 0.412 e. The fraction of sp³-hybridized carbons (Fsp3) is 0.385. The number of benzene rings is 1. The second kappa shape index (κ2) is 6.06. The topological polar surface area (TPSA) is 64.6 Å². The third kappa shape index (κ3) is 4.90. The molecule has 1 amide bonds. The van der Waals surface area contributed by atoms with Crippen LogP contribution in [0.15, 0.2) is 22.7 Å². The molecule has 6 heteroatoms. The van der Waals surface area contributed by atoms with E-state index >= 15 is 0 Å². The van der Waals surface area contributed by atoms with E-state index in [1.54, 1.807) is 39.0 Å². The van der Waals surface area contributed by atoms with E-state index in [4.69, 9.17) is 4.74 Å². The van der Waals surface area contributed by atoms with Crippen LogP contribution in [0.5, 0.6) is 0 Å². The Kier molecular flexibility index (Phi) is 4.94. The molecule has 1 aromatic rings. The molecule has 0 heterocycles. The summed E-state index contributed by atoms with van der Waals surface area (Å²) in [7, 11) is 1.28. The zero-order valence-corrected chi connectivity index (χ0v) is 12.8. The number of esters is 1. The van der Waals surface area contributed by atoms with Gasteiger partial charge in [0.1, 0.15) is 5.60 Å². The van der Waals surface area contributed by atoms with E-state index in [1.807, 2.05) is 0 Å². The lowest BCUT2D eigenvalue weighted by molar-refractivity contribution is 0.0602. The summed E-state index contributed by atoms with van der Waals surface area (Å²) in [6.45, 7) is 5.28. The number of carbonyl (C=O) groups is 2. The molecule has 0 radical (unpaired) electrons. The summed E-state index contributed by atoms with van der Waals surface area (Å²) in [6, 6.07) is 4.87. The van der Waals surface area contributed by atoms with Crippen LogP contribution in [0.2, 0.25) is 0 Å². The molecule has 0 spiro atoms. The largest absolute Gasteiger partial charge is 0.465 e. The van der Waals surface area contributed by atoms with Crippen LogP contribution in [-0.4, -0.2) is 24.8 Å². The van der Waals surface area contributed by atoms with Crippen LogP contribution in [0.3, 0.4) is 0 Å². The Labute approximate surface area is 120 Å². The van der Waals surface area contributed by atoms with Gasteiger partial charge < -0.3 is 9.47 Å². The molecule has 19 heavy (non-hydrogen) atoms. The molecule has 0 aliphatic heterocycles. The van der Waals surface area contributed by atoms with Gasteiger partial charge in [0.25, 0.3) is 0 Å². The number of ether oxygens (including phenoxy) is 2. The monoisotopic (exact) mass is 329 g/mol. The lowest BCUT2D eigenvalue weighted by Gasteiger charge is -2.20. The van der Waals surface area contributed by atoms with Crippen LogP contribution in [0.1, 0.15) is 31.1 Å². The van der Waals surface area contributed by atoms with Gasteiger partial charge in [-0.05, 0) is 39.0 Å². The Morgan fingerprint density at radius 1 is 1.26 bits per heavy atom. The van der Waals surface area contributed by atoms with Crippen molar-refractivity contribution in [2.75, 3.05) is 12.4 Å². The van der Waals surface area contributed by atoms with E-state index in [0.717, 1.165) is 0 Å². The van der Waals surface area contributed by atoms with Gasteiger partial charge in [-0.2, -0.15) is 0 Å². The fourth-order valence-corrected chi connectivity index (χ4v) is 1.68. The first-order valence-electron chi connectivity index (χ1n) is 5.61. The molecule has 0 aliphatic carbocycles. The van der Waals surface area contributed by atoms with Crippen LogP contribution in [0.25, 0.3) is 0 Å². The number of amides is 1. The predicted octanol–water partition coefficient (Wildman–Crippen LogP) is 3.58. The summed E-state index contributed by atoms with van der Waals surface area (Å²) in [4.78, 5) is 23.3. The second-order valence-electron chi connectivity index (χ2n) is 4.81. The number of carbonyl (C=O) groups excluding carboxylic acids is 2. The molecule has 1 N–H and O–H groups in total. The standard InChI is InChI=1S/C13H16BrNO4/c1-13(2,3)19-12(17)15-10-6-5-8(14)7-9(10)11(16)18-4/h5-7H,1-4H3,(H,15,17). The third-order valence-corrected chi connectivity index (χ3v) is 2.52. The van der Waals surface area contributed by atoms with Crippen molar-refractivity contribution in [1.29, 1.82) is 0 Å². The molecule has 1 aromatic carbocycles. The van der Waals surface area contributed by atoms with Gasteiger partial charge in [0.15, 0.2) is 0 Å². The molecular weight excluding hydrogens is 314 g/mol. The maximum Gasteiger partial charge on any atom is 0.412 e. The highest BCUT2D eigenvalue weighted by atomic mass is 79.9. The molecule has 0 atom stereocenters. The molecular formula is C13H16BrNO4. The molecule has 0 saturated heterocycles. The highest BCUT2D eigenvalue weighted by Gasteiger charge is 2.19. The number of nitrogens with one attached hydrogen (secondary N) is 1. The van der Waals surface area contributed by atoms with Crippen molar-refractivity contribution in [3.8, 4) is 0 Å². The van der Waals surface area contributed by atoms with Crippen LogP contribution < -0.4 is 5.32 Å². The first kappa shape index (κ1) is 15.5. The highest BCUT2D eigenvalue weighted by Crippen LogP contribution is 2.22. The number of halogens is 1. The maximum atomic E-state index is 11.7. The van der Waals surface area contributed by atoms with Gasteiger partial charge in [-0.1, -0.05) is 15.9 Å². The van der Waals surface area contributed by atoms with Crippen LogP contribution >= 0.6 is 15.9 Å².